The summed E-state index contributed by atoms with van der Waals surface area (Å²) < 4.78 is 17.5. The maximum atomic E-state index is 13.8. The van der Waals surface area contributed by atoms with Gasteiger partial charge in [-0.15, -0.1) is 0 Å². The first-order valence-electron chi connectivity index (χ1n) is 12.1. The molecule has 5 rings (SSSR count). The molecule has 3 aromatic carbocycles. The molecule has 1 N–H and O–H groups in total. The Labute approximate surface area is 210 Å². The summed E-state index contributed by atoms with van der Waals surface area (Å²) in [6.45, 7) is 3.34. The van der Waals surface area contributed by atoms with Gasteiger partial charge in [-0.25, -0.2) is 4.79 Å². The lowest BCUT2D eigenvalue weighted by molar-refractivity contribution is -0.180. The zero-order chi connectivity index (χ0) is 25.1. The number of rotatable bonds is 8. The number of carbonyl (C=O) groups is 2. The topological polar surface area (TPSA) is 85.3 Å². The van der Waals surface area contributed by atoms with E-state index in [2.05, 4.69) is 0 Å². The maximum Gasteiger partial charge on any atom is 0.326 e. The predicted octanol–water partition coefficient (Wildman–Crippen LogP) is 4.07. The molecule has 3 aromatic rings. The summed E-state index contributed by atoms with van der Waals surface area (Å²) >= 11 is 0. The Kier molecular flexibility index (Phi) is 7.02. The van der Waals surface area contributed by atoms with Crippen molar-refractivity contribution < 1.29 is 28.9 Å². The Morgan fingerprint density at radius 1 is 1.03 bits per heavy atom. The van der Waals surface area contributed by atoms with Crippen LogP contribution in [0.25, 0.3) is 0 Å². The lowest BCUT2D eigenvalue weighted by atomic mass is 9.90. The van der Waals surface area contributed by atoms with Crippen LogP contribution in [0.4, 0.5) is 0 Å². The fourth-order valence-electron chi connectivity index (χ4n) is 4.68. The normalized spacial score (nSPS) is 18.1. The lowest BCUT2D eigenvalue weighted by Crippen LogP contribution is -2.51. The number of amides is 1. The van der Waals surface area contributed by atoms with Gasteiger partial charge in [0.1, 0.15) is 24.5 Å². The highest BCUT2D eigenvalue weighted by Gasteiger charge is 2.41. The summed E-state index contributed by atoms with van der Waals surface area (Å²) in [4.78, 5) is 27.7. The van der Waals surface area contributed by atoms with E-state index in [9.17, 15) is 14.7 Å². The van der Waals surface area contributed by atoms with Crippen LogP contribution in [0.2, 0.25) is 0 Å². The summed E-state index contributed by atoms with van der Waals surface area (Å²) in [5.41, 5.74) is 4.38. The molecule has 0 saturated carbocycles. The highest BCUT2D eigenvalue weighted by molar-refractivity contribution is 5.88. The van der Waals surface area contributed by atoms with Gasteiger partial charge in [0.2, 0.25) is 0 Å². The van der Waals surface area contributed by atoms with Gasteiger partial charge in [0.25, 0.3) is 5.91 Å². The molecular weight excluding hydrogens is 458 g/mol. The van der Waals surface area contributed by atoms with E-state index in [-0.39, 0.29) is 25.0 Å². The van der Waals surface area contributed by atoms with E-state index < -0.39 is 18.1 Å². The minimum Gasteiger partial charge on any atom is -0.488 e. The van der Waals surface area contributed by atoms with Gasteiger partial charge < -0.3 is 24.2 Å². The number of benzene rings is 3. The van der Waals surface area contributed by atoms with Crippen LogP contribution in [0.5, 0.6) is 5.75 Å². The van der Waals surface area contributed by atoms with E-state index >= 15 is 0 Å². The van der Waals surface area contributed by atoms with Gasteiger partial charge in [0.15, 0.2) is 6.10 Å². The average Bonchev–Trinajstić information content (AvgIpc) is 2.87. The summed E-state index contributed by atoms with van der Waals surface area (Å²) in [5, 5.41) is 10.1. The van der Waals surface area contributed by atoms with Crippen molar-refractivity contribution >= 4 is 11.9 Å². The second-order valence-electron chi connectivity index (χ2n) is 9.23. The molecule has 1 amide bonds. The third-order valence-electron chi connectivity index (χ3n) is 6.73. The number of aliphatic carboxylic acids is 1. The number of carboxylic acids is 1. The second kappa shape index (κ2) is 10.5. The second-order valence-corrected chi connectivity index (χ2v) is 9.23. The molecule has 0 aliphatic carbocycles. The fraction of sp³-hybridized carbons (Fsp3) is 0.310. The Balaban J connectivity index is 1.44. The lowest BCUT2D eigenvalue weighted by Gasteiger charge is -2.38. The Morgan fingerprint density at radius 3 is 2.36 bits per heavy atom. The van der Waals surface area contributed by atoms with Gasteiger partial charge in [-0.2, -0.15) is 0 Å². The summed E-state index contributed by atoms with van der Waals surface area (Å²) in [6.07, 6.45) is -0.932. The third-order valence-corrected chi connectivity index (χ3v) is 6.73. The van der Waals surface area contributed by atoms with Crippen LogP contribution in [0.3, 0.4) is 0 Å². The SMILES string of the molecule is Cc1ccc2c(c1OCc1ccccc1)C[C@H](C(=O)O)N(C(=O)[C@H](OC1COC1)c1ccccc1)C2. The van der Waals surface area contributed by atoms with Gasteiger partial charge in [-0.1, -0.05) is 72.8 Å². The Hall–Kier alpha value is -3.68. The number of ether oxygens (including phenoxy) is 3. The van der Waals surface area contributed by atoms with E-state index in [4.69, 9.17) is 14.2 Å². The van der Waals surface area contributed by atoms with Crippen LogP contribution in [-0.4, -0.2) is 47.2 Å². The fourth-order valence-corrected chi connectivity index (χ4v) is 4.68. The van der Waals surface area contributed by atoms with Crippen LogP contribution in [0, 0.1) is 6.92 Å². The maximum absolute atomic E-state index is 13.8. The van der Waals surface area contributed by atoms with Crippen LogP contribution < -0.4 is 4.74 Å². The molecule has 2 heterocycles. The predicted molar refractivity (Wildman–Crippen MR) is 133 cm³/mol. The molecule has 7 nitrogen and oxygen atoms in total. The minimum absolute atomic E-state index is 0.163. The third kappa shape index (κ3) is 4.98. The number of carboxylic acid groups (broad SMARTS) is 1. The molecule has 0 aromatic heterocycles. The number of hydrogen-bond acceptors (Lipinski definition) is 5. The Morgan fingerprint density at radius 2 is 1.72 bits per heavy atom. The van der Waals surface area contributed by atoms with Crippen LogP contribution >= 0.6 is 0 Å². The van der Waals surface area contributed by atoms with E-state index in [1.54, 1.807) is 0 Å². The van der Waals surface area contributed by atoms with Gasteiger partial charge in [-0.3, -0.25) is 4.79 Å². The van der Waals surface area contributed by atoms with E-state index in [0.29, 0.717) is 31.1 Å². The standard InChI is InChI=1S/C29H29NO6/c1-19-12-13-22-15-30(28(31)27(36-23-17-34-18-23)21-10-6-3-7-11-21)25(29(32)33)14-24(22)26(19)35-16-20-8-4-2-5-9-20/h2-13,23,25,27H,14-18H2,1H3,(H,32,33)/t25-,27-/m1/s1. The first-order valence-corrected chi connectivity index (χ1v) is 12.1. The molecule has 7 heteroatoms. The molecule has 36 heavy (non-hydrogen) atoms. The largest absolute Gasteiger partial charge is 0.488 e. The number of hydrogen-bond donors (Lipinski definition) is 1. The monoisotopic (exact) mass is 487 g/mol. The van der Waals surface area contributed by atoms with Crippen molar-refractivity contribution in [3.8, 4) is 5.75 Å². The van der Waals surface area contributed by atoms with Crippen LogP contribution in [0.15, 0.2) is 72.8 Å². The van der Waals surface area contributed by atoms with E-state index in [1.807, 2.05) is 79.7 Å². The summed E-state index contributed by atoms with van der Waals surface area (Å²) in [5.74, 6) is -0.723. The number of aryl methyl sites for hydroxylation is 1. The van der Waals surface area contributed by atoms with Crippen molar-refractivity contribution in [1.82, 2.24) is 4.90 Å². The minimum atomic E-state index is -1.05. The van der Waals surface area contributed by atoms with Crippen molar-refractivity contribution in [3.63, 3.8) is 0 Å². The van der Waals surface area contributed by atoms with Crippen molar-refractivity contribution in [2.24, 2.45) is 0 Å². The smallest absolute Gasteiger partial charge is 0.326 e. The van der Waals surface area contributed by atoms with Crippen LogP contribution in [0.1, 0.15) is 33.9 Å². The molecule has 0 bridgehead atoms. The zero-order valence-electron chi connectivity index (χ0n) is 20.1. The first-order chi connectivity index (χ1) is 17.5. The van der Waals surface area contributed by atoms with Gasteiger partial charge in [0, 0.05) is 18.5 Å². The van der Waals surface area contributed by atoms with Gasteiger partial charge in [0.05, 0.1) is 13.2 Å². The molecule has 1 saturated heterocycles. The number of carbonyl (C=O) groups excluding carboxylic acids is 1. The number of fused-ring (bicyclic) bond motifs is 1. The van der Waals surface area contributed by atoms with Crippen molar-refractivity contribution in [3.05, 3.63) is 101 Å². The van der Waals surface area contributed by atoms with Crippen molar-refractivity contribution in [1.29, 1.82) is 0 Å². The summed E-state index contributed by atoms with van der Waals surface area (Å²) in [6, 6.07) is 21.9. The van der Waals surface area contributed by atoms with Gasteiger partial charge in [-0.05, 0) is 29.2 Å². The summed E-state index contributed by atoms with van der Waals surface area (Å²) in [7, 11) is 0. The quantitative estimate of drug-likeness (QED) is 0.516. The van der Waals surface area contributed by atoms with Crippen LogP contribution in [-0.2, 0) is 38.6 Å². The van der Waals surface area contributed by atoms with E-state index in [0.717, 1.165) is 22.3 Å². The molecule has 0 radical (unpaired) electrons. The van der Waals surface area contributed by atoms with Gasteiger partial charge >= 0.3 is 5.97 Å². The van der Waals surface area contributed by atoms with Crippen molar-refractivity contribution in [2.75, 3.05) is 13.2 Å². The van der Waals surface area contributed by atoms with Crippen molar-refractivity contribution in [2.45, 2.75) is 44.7 Å². The molecule has 2 aliphatic rings. The molecule has 2 aliphatic heterocycles. The molecule has 0 unspecified atom stereocenters. The average molecular weight is 488 g/mol. The zero-order valence-corrected chi connectivity index (χ0v) is 20.1. The molecule has 186 valence electrons. The number of nitrogens with zero attached hydrogens (tertiary/aromatic N) is 1. The molecule has 1 fully saturated rings. The highest BCUT2D eigenvalue weighted by Crippen LogP contribution is 2.36. The molecule has 2 atom stereocenters. The van der Waals surface area contributed by atoms with E-state index in [1.165, 1.54) is 4.90 Å². The first kappa shape index (κ1) is 24.0. The highest BCUT2D eigenvalue weighted by atomic mass is 16.6. The molecule has 0 spiro atoms. The Bertz CT molecular complexity index is 1230. The molecular formula is C29H29NO6.